The summed E-state index contributed by atoms with van der Waals surface area (Å²) >= 11 is 0. The topological polar surface area (TPSA) is 68.5 Å². The van der Waals surface area contributed by atoms with Crippen molar-refractivity contribution in [1.82, 2.24) is 14.6 Å². The van der Waals surface area contributed by atoms with Crippen LogP contribution in [0.4, 0.5) is 5.82 Å². The first kappa shape index (κ1) is 12.3. The summed E-state index contributed by atoms with van der Waals surface area (Å²) in [5, 5.41) is 7.31. The first-order chi connectivity index (χ1) is 8.81. The molecule has 96 valence electrons. The smallest absolute Gasteiger partial charge is 0.305 e. The molecule has 0 saturated heterocycles. The number of ether oxygens (including phenoxy) is 1. The molecule has 2 aromatic rings. The number of carbonyl (C=O) groups is 1. The van der Waals surface area contributed by atoms with Gasteiger partial charge in [0.1, 0.15) is 5.52 Å². The van der Waals surface area contributed by atoms with Gasteiger partial charge in [-0.05, 0) is 19.4 Å². The molecule has 18 heavy (non-hydrogen) atoms. The molecule has 0 unspecified atom stereocenters. The molecule has 0 aliphatic heterocycles. The van der Waals surface area contributed by atoms with Crippen molar-refractivity contribution in [2.24, 2.45) is 0 Å². The average molecular weight is 248 g/mol. The maximum atomic E-state index is 11.1. The van der Waals surface area contributed by atoms with E-state index in [0.29, 0.717) is 19.6 Å². The summed E-state index contributed by atoms with van der Waals surface area (Å²) < 4.78 is 6.61. The standard InChI is InChI=1S/C12H16N4O2/c1-2-18-11(17)4-3-6-13-12-10-5-7-15-16(10)9-8-14-12/h5,7-9H,2-4,6H2,1H3,(H,13,14). The first-order valence-corrected chi connectivity index (χ1v) is 5.99. The predicted octanol–water partition coefficient (Wildman–Crippen LogP) is 1.48. The Morgan fingerprint density at radius 2 is 2.39 bits per heavy atom. The minimum Gasteiger partial charge on any atom is -0.466 e. The van der Waals surface area contributed by atoms with E-state index in [2.05, 4.69) is 15.4 Å². The zero-order chi connectivity index (χ0) is 12.8. The summed E-state index contributed by atoms with van der Waals surface area (Å²) in [6.07, 6.45) is 6.34. The van der Waals surface area contributed by atoms with E-state index in [9.17, 15) is 4.79 Å². The molecule has 0 aliphatic carbocycles. The highest BCUT2D eigenvalue weighted by Gasteiger charge is 2.04. The van der Waals surface area contributed by atoms with Gasteiger partial charge in [0.25, 0.3) is 0 Å². The van der Waals surface area contributed by atoms with Gasteiger partial charge < -0.3 is 10.1 Å². The fraction of sp³-hybridized carbons (Fsp3) is 0.417. The minimum absolute atomic E-state index is 0.158. The van der Waals surface area contributed by atoms with Crippen molar-refractivity contribution in [3.63, 3.8) is 0 Å². The molecule has 6 heteroatoms. The van der Waals surface area contributed by atoms with Crippen molar-refractivity contribution in [2.45, 2.75) is 19.8 Å². The summed E-state index contributed by atoms with van der Waals surface area (Å²) in [5.74, 6) is 0.619. The summed E-state index contributed by atoms with van der Waals surface area (Å²) in [6.45, 7) is 2.92. The summed E-state index contributed by atoms with van der Waals surface area (Å²) in [7, 11) is 0. The van der Waals surface area contributed by atoms with Crippen LogP contribution in [0, 0.1) is 0 Å². The third-order valence-corrected chi connectivity index (χ3v) is 2.48. The zero-order valence-electron chi connectivity index (χ0n) is 10.3. The van der Waals surface area contributed by atoms with Crippen molar-refractivity contribution < 1.29 is 9.53 Å². The van der Waals surface area contributed by atoms with Crippen LogP contribution in [0.15, 0.2) is 24.7 Å². The Morgan fingerprint density at radius 1 is 1.50 bits per heavy atom. The number of hydrogen-bond donors (Lipinski definition) is 1. The lowest BCUT2D eigenvalue weighted by molar-refractivity contribution is -0.143. The van der Waals surface area contributed by atoms with E-state index in [-0.39, 0.29) is 5.97 Å². The molecule has 0 saturated carbocycles. The number of esters is 1. The highest BCUT2D eigenvalue weighted by atomic mass is 16.5. The van der Waals surface area contributed by atoms with Crippen molar-refractivity contribution in [3.8, 4) is 0 Å². The van der Waals surface area contributed by atoms with E-state index in [1.54, 1.807) is 30.0 Å². The van der Waals surface area contributed by atoms with Gasteiger partial charge in [0.05, 0.1) is 12.8 Å². The van der Waals surface area contributed by atoms with Crippen molar-refractivity contribution in [2.75, 3.05) is 18.5 Å². The van der Waals surface area contributed by atoms with E-state index in [1.807, 2.05) is 6.07 Å². The van der Waals surface area contributed by atoms with Crippen LogP contribution in [0.2, 0.25) is 0 Å². The maximum absolute atomic E-state index is 11.1. The third-order valence-electron chi connectivity index (χ3n) is 2.48. The van der Waals surface area contributed by atoms with Gasteiger partial charge in [-0.15, -0.1) is 0 Å². The van der Waals surface area contributed by atoms with Crippen LogP contribution in [0.1, 0.15) is 19.8 Å². The van der Waals surface area contributed by atoms with Gasteiger partial charge in [0.2, 0.25) is 0 Å². The van der Waals surface area contributed by atoms with Crippen molar-refractivity contribution >= 4 is 17.3 Å². The Bertz CT molecular complexity index is 524. The van der Waals surface area contributed by atoms with Crippen molar-refractivity contribution in [3.05, 3.63) is 24.7 Å². The van der Waals surface area contributed by atoms with Gasteiger partial charge in [-0.3, -0.25) is 4.79 Å². The molecule has 2 rings (SSSR count). The highest BCUT2D eigenvalue weighted by molar-refractivity contribution is 5.69. The molecular weight excluding hydrogens is 232 g/mol. The Hall–Kier alpha value is -2.11. The SMILES string of the molecule is CCOC(=O)CCCNc1nccn2nccc12. The highest BCUT2D eigenvalue weighted by Crippen LogP contribution is 2.12. The second kappa shape index (κ2) is 6.00. The number of hydrogen-bond acceptors (Lipinski definition) is 5. The van der Waals surface area contributed by atoms with E-state index >= 15 is 0 Å². The second-order valence-corrected chi connectivity index (χ2v) is 3.77. The third kappa shape index (κ3) is 2.97. The predicted molar refractivity (Wildman–Crippen MR) is 67.3 cm³/mol. The van der Waals surface area contributed by atoms with Crippen LogP contribution in [-0.4, -0.2) is 33.7 Å². The fourth-order valence-corrected chi connectivity index (χ4v) is 1.67. The van der Waals surface area contributed by atoms with Gasteiger partial charge in [-0.1, -0.05) is 0 Å². The lowest BCUT2D eigenvalue weighted by Crippen LogP contribution is -2.09. The molecular formula is C12H16N4O2. The lowest BCUT2D eigenvalue weighted by atomic mass is 10.3. The first-order valence-electron chi connectivity index (χ1n) is 5.99. The van der Waals surface area contributed by atoms with Crippen molar-refractivity contribution in [1.29, 1.82) is 0 Å². The Labute approximate surface area is 105 Å². The molecule has 0 amide bonds. The number of rotatable bonds is 6. The molecule has 6 nitrogen and oxygen atoms in total. The number of anilines is 1. The molecule has 0 aromatic carbocycles. The van der Waals surface area contributed by atoms with Gasteiger partial charge in [-0.2, -0.15) is 5.10 Å². The maximum Gasteiger partial charge on any atom is 0.305 e. The molecule has 0 aliphatic rings. The monoisotopic (exact) mass is 248 g/mol. The fourth-order valence-electron chi connectivity index (χ4n) is 1.67. The summed E-state index contributed by atoms with van der Waals surface area (Å²) in [5.41, 5.74) is 0.925. The number of carbonyl (C=O) groups excluding carboxylic acids is 1. The van der Waals surface area contributed by atoms with Crippen LogP contribution in [0.3, 0.4) is 0 Å². The number of aromatic nitrogens is 3. The Morgan fingerprint density at radius 3 is 3.22 bits per heavy atom. The minimum atomic E-state index is -0.158. The van der Waals surface area contributed by atoms with Crippen LogP contribution in [0.5, 0.6) is 0 Å². The Kier molecular flexibility index (Phi) is 4.11. The van der Waals surface area contributed by atoms with Crippen LogP contribution in [0.25, 0.3) is 5.52 Å². The molecule has 2 aromatic heterocycles. The lowest BCUT2D eigenvalue weighted by Gasteiger charge is -2.06. The number of nitrogens with one attached hydrogen (secondary N) is 1. The molecule has 0 fully saturated rings. The molecule has 0 spiro atoms. The van der Waals surface area contributed by atoms with E-state index in [4.69, 9.17) is 4.74 Å². The van der Waals surface area contributed by atoms with Crippen LogP contribution >= 0.6 is 0 Å². The van der Waals surface area contributed by atoms with Crippen LogP contribution in [-0.2, 0) is 9.53 Å². The largest absolute Gasteiger partial charge is 0.466 e. The van der Waals surface area contributed by atoms with E-state index < -0.39 is 0 Å². The molecule has 0 atom stereocenters. The van der Waals surface area contributed by atoms with E-state index in [1.165, 1.54) is 0 Å². The Balaban J connectivity index is 1.83. The average Bonchev–Trinajstić information content (AvgIpc) is 2.84. The van der Waals surface area contributed by atoms with Gasteiger partial charge >= 0.3 is 5.97 Å². The van der Waals surface area contributed by atoms with Crippen LogP contribution < -0.4 is 5.32 Å². The second-order valence-electron chi connectivity index (χ2n) is 3.77. The zero-order valence-corrected chi connectivity index (χ0v) is 10.3. The normalized spacial score (nSPS) is 10.5. The molecule has 0 radical (unpaired) electrons. The van der Waals surface area contributed by atoms with Gasteiger partial charge in [0, 0.05) is 25.4 Å². The molecule has 0 bridgehead atoms. The molecule has 2 heterocycles. The number of nitrogens with zero attached hydrogens (tertiary/aromatic N) is 3. The molecule has 1 N–H and O–H groups in total. The quantitative estimate of drug-likeness (QED) is 0.619. The summed E-state index contributed by atoms with van der Waals surface area (Å²) in [4.78, 5) is 15.4. The number of fused-ring (bicyclic) bond motifs is 1. The van der Waals surface area contributed by atoms with Gasteiger partial charge in [0.15, 0.2) is 5.82 Å². The van der Waals surface area contributed by atoms with Gasteiger partial charge in [-0.25, -0.2) is 9.50 Å². The summed E-state index contributed by atoms with van der Waals surface area (Å²) in [6, 6.07) is 1.89. The van der Waals surface area contributed by atoms with E-state index in [0.717, 1.165) is 17.8 Å².